The lowest BCUT2D eigenvalue weighted by molar-refractivity contribution is -0.129. The van der Waals surface area contributed by atoms with E-state index in [1.165, 1.54) is 17.0 Å². The third kappa shape index (κ3) is 4.92. The van der Waals surface area contributed by atoms with E-state index in [9.17, 15) is 14.0 Å². The number of aldehydes is 1. The molecule has 1 amide bonds. The Morgan fingerprint density at radius 3 is 2.80 bits per heavy atom. The molecule has 0 aromatic heterocycles. The van der Waals surface area contributed by atoms with E-state index in [0.717, 1.165) is 6.29 Å². The summed E-state index contributed by atoms with van der Waals surface area (Å²) >= 11 is 0. The molecular formula is C19H23FN2O3. The van der Waals surface area contributed by atoms with Crippen molar-refractivity contribution in [2.75, 3.05) is 13.2 Å². The minimum atomic E-state index is -0.432. The van der Waals surface area contributed by atoms with E-state index >= 15 is 0 Å². The molecule has 1 heterocycles. The van der Waals surface area contributed by atoms with Crippen LogP contribution in [-0.2, 0) is 9.59 Å². The number of nitrogens with one attached hydrogen (secondary N) is 1. The van der Waals surface area contributed by atoms with Gasteiger partial charge in [0.15, 0.2) is 0 Å². The van der Waals surface area contributed by atoms with Crippen LogP contribution in [0.25, 0.3) is 0 Å². The first-order valence-corrected chi connectivity index (χ1v) is 8.32. The number of carbonyl (C=O) groups excluding carboxylic acids is 2. The van der Waals surface area contributed by atoms with Gasteiger partial charge in [-0.05, 0) is 50.5 Å². The Bertz CT molecular complexity index is 655. The molecule has 5 nitrogen and oxygen atoms in total. The molecule has 1 unspecified atom stereocenters. The predicted octanol–water partition coefficient (Wildman–Crippen LogP) is 2.79. The minimum absolute atomic E-state index is 0.235. The second-order valence-corrected chi connectivity index (χ2v) is 5.77. The maximum Gasteiger partial charge on any atom is 0.274 e. The van der Waals surface area contributed by atoms with E-state index in [0.29, 0.717) is 49.6 Å². The zero-order valence-electron chi connectivity index (χ0n) is 14.3. The number of allylic oxidation sites excluding steroid dienone is 2. The fourth-order valence-corrected chi connectivity index (χ4v) is 2.67. The summed E-state index contributed by atoms with van der Waals surface area (Å²) in [5.41, 5.74) is 1.11. The van der Waals surface area contributed by atoms with Gasteiger partial charge in [-0.1, -0.05) is 12.7 Å². The molecule has 1 aliphatic heterocycles. The summed E-state index contributed by atoms with van der Waals surface area (Å²) in [7, 11) is 0. The van der Waals surface area contributed by atoms with Crippen LogP contribution in [0.4, 0.5) is 4.39 Å². The van der Waals surface area contributed by atoms with Crippen LogP contribution in [0.3, 0.4) is 0 Å². The Hall–Kier alpha value is -2.63. The highest BCUT2D eigenvalue weighted by atomic mass is 19.1. The van der Waals surface area contributed by atoms with Crippen molar-refractivity contribution in [2.45, 2.75) is 32.2 Å². The normalized spacial score (nSPS) is 17.5. The van der Waals surface area contributed by atoms with Crippen LogP contribution in [0, 0.1) is 5.82 Å². The third-order valence-electron chi connectivity index (χ3n) is 4.01. The van der Waals surface area contributed by atoms with Gasteiger partial charge in [0.1, 0.15) is 17.9 Å². The maximum absolute atomic E-state index is 12.8. The monoisotopic (exact) mass is 346 g/mol. The van der Waals surface area contributed by atoms with Crippen LogP contribution in [0.5, 0.6) is 5.75 Å². The topological polar surface area (TPSA) is 58.6 Å². The smallest absolute Gasteiger partial charge is 0.274 e. The Kier molecular flexibility index (Phi) is 6.74. The first kappa shape index (κ1) is 18.7. The molecule has 134 valence electrons. The second-order valence-electron chi connectivity index (χ2n) is 5.77. The van der Waals surface area contributed by atoms with Gasteiger partial charge < -0.3 is 19.7 Å². The fourth-order valence-electron chi connectivity index (χ4n) is 2.67. The Labute approximate surface area is 147 Å². The summed E-state index contributed by atoms with van der Waals surface area (Å²) in [6.07, 6.45) is 4.42. The molecule has 1 atom stereocenters. The van der Waals surface area contributed by atoms with Crippen molar-refractivity contribution in [1.29, 1.82) is 0 Å². The summed E-state index contributed by atoms with van der Waals surface area (Å²) in [6, 6.07) is 5.40. The van der Waals surface area contributed by atoms with Crippen LogP contribution in [0.1, 0.15) is 26.2 Å². The van der Waals surface area contributed by atoms with Crippen molar-refractivity contribution in [3.8, 4) is 5.75 Å². The van der Waals surface area contributed by atoms with Crippen LogP contribution < -0.4 is 10.1 Å². The van der Waals surface area contributed by atoms with Gasteiger partial charge in [0, 0.05) is 12.2 Å². The Balaban J connectivity index is 1.78. The molecule has 0 radical (unpaired) electrons. The summed E-state index contributed by atoms with van der Waals surface area (Å²) < 4.78 is 18.3. The zero-order valence-corrected chi connectivity index (χ0v) is 14.3. The number of carbonyl (C=O) groups is 2. The minimum Gasteiger partial charge on any atom is -0.494 e. The van der Waals surface area contributed by atoms with Crippen molar-refractivity contribution in [1.82, 2.24) is 10.2 Å². The first-order chi connectivity index (χ1) is 12.1. The lowest BCUT2D eigenvalue weighted by atomic mass is 10.2. The molecule has 2 rings (SSSR count). The van der Waals surface area contributed by atoms with E-state index in [4.69, 9.17) is 4.74 Å². The van der Waals surface area contributed by atoms with Crippen molar-refractivity contribution >= 4 is 12.2 Å². The Morgan fingerprint density at radius 1 is 1.44 bits per heavy atom. The number of rotatable bonds is 8. The highest BCUT2D eigenvalue weighted by molar-refractivity contribution is 5.96. The molecule has 25 heavy (non-hydrogen) atoms. The average Bonchev–Trinajstić information content (AvgIpc) is 3.00. The molecule has 0 bridgehead atoms. The second kappa shape index (κ2) is 9.01. The SMILES string of the molecule is C=C1CCC(C=O)N1C(=O)/C(=C\C)NCCCOc1ccc(F)cc1. The quantitative estimate of drug-likeness (QED) is 0.447. The van der Waals surface area contributed by atoms with Gasteiger partial charge in [-0.2, -0.15) is 0 Å². The van der Waals surface area contributed by atoms with Crippen molar-refractivity contribution < 1.29 is 18.7 Å². The summed E-state index contributed by atoms with van der Waals surface area (Å²) in [5.74, 6) is 0.0647. The lowest BCUT2D eigenvalue weighted by Gasteiger charge is -2.23. The van der Waals surface area contributed by atoms with Crippen LogP contribution in [-0.4, -0.2) is 36.3 Å². The highest BCUT2D eigenvalue weighted by Gasteiger charge is 2.32. The molecule has 0 saturated carbocycles. The van der Waals surface area contributed by atoms with Gasteiger partial charge in [-0.15, -0.1) is 0 Å². The van der Waals surface area contributed by atoms with Crippen LogP contribution in [0.15, 0.2) is 48.3 Å². The fraction of sp³-hybridized carbons (Fsp3) is 0.368. The van der Waals surface area contributed by atoms with Gasteiger partial charge in [0.25, 0.3) is 5.91 Å². The average molecular weight is 346 g/mol. The number of hydrogen-bond acceptors (Lipinski definition) is 4. The van der Waals surface area contributed by atoms with E-state index in [1.54, 1.807) is 25.1 Å². The number of nitrogens with zero attached hydrogens (tertiary/aromatic N) is 1. The lowest BCUT2D eigenvalue weighted by Crippen LogP contribution is -2.39. The molecule has 1 fully saturated rings. The van der Waals surface area contributed by atoms with Crippen molar-refractivity contribution in [3.63, 3.8) is 0 Å². The zero-order chi connectivity index (χ0) is 18.2. The van der Waals surface area contributed by atoms with E-state index < -0.39 is 6.04 Å². The summed E-state index contributed by atoms with van der Waals surface area (Å²) in [6.45, 7) is 6.62. The highest BCUT2D eigenvalue weighted by Crippen LogP contribution is 2.26. The first-order valence-electron chi connectivity index (χ1n) is 8.32. The van der Waals surface area contributed by atoms with Crippen LogP contribution >= 0.6 is 0 Å². The summed E-state index contributed by atoms with van der Waals surface area (Å²) in [4.78, 5) is 25.2. The third-order valence-corrected chi connectivity index (χ3v) is 4.01. The molecule has 0 spiro atoms. The predicted molar refractivity (Wildman–Crippen MR) is 93.3 cm³/mol. The van der Waals surface area contributed by atoms with Crippen molar-refractivity contribution in [3.05, 3.63) is 54.1 Å². The number of ether oxygens (including phenoxy) is 1. The molecule has 1 saturated heterocycles. The number of hydrogen-bond donors (Lipinski definition) is 1. The number of benzene rings is 1. The van der Waals surface area contributed by atoms with Gasteiger partial charge >= 0.3 is 0 Å². The molecule has 1 aromatic carbocycles. The molecule has 1 N–H and O–H groups in total. The van der Waals surface area contributed by atoms with E-state index in [-0.39, 0.29) is 11.7 Å². The molecule has 0 aliphatic carbocycles. The maximum atomic E-state index is 12.8. The molecule has 1 aromatic rings. The van der Waals surface area contributed by atoms with E-state index in [1.807, 2.05) is 0 Å². The van der Waals surface area contributed by atoms with Gasteiger partial charge in [0.2, 0.25) is 0 Å². The van der Waals surface area contributed by atoms with E-state index in [2.05, 4.69) is 11.9 Å². The standard InChI is InChI=1S/C19H23FN2O3/c1-3-18(19(24)22-14(2)5-8-16(22)13-23)21-11-4-12-25-17-9-6-15(20)7-10-17/h3,6-7,9-10,13,16,21H,2,4-5,8,11-12H2,1H3/b18-3+. The van der Waals surface area contributed by atoms with Gasteiger partial charge in [0.05, 0.1) is 18.3 Å². The Morgan fingerprint density at radius 2 is 2.16 bits per heavy atom. The number of amides is 1. The molecular weight excluding hydrogens is 323 g/mol. The van der Waals surface area contributed by atoms with Crippen LogP contribution in [0.2, 0.25) is 0 Å². The number of likely N-dealkylation sites (tertiary alicyclic amines) is 1. The molecule has 6 heteroatoms. The van der Waals surface area contributed by atoms with Gasteiger partial charge in [-0.3, -0.25) is 4.79 Å². The summed E-state index contributed by atoms with van der Waals surface area (Å²) in [5, 5.41) is 3.08. The molecule has 1 aliphatic rings. The largest absolute Gasteiger partial charge is 0.494 e. The van der Waals surface area contributed by atoms with Gasteiger partial charge in [-0.25, -0.2) is 4.39 Å². The number of halogens is 1. The van der Waals surface area contributed by atoms with Crippen molar-refractivity contribution in [2.24, 2.45) is 0 Å².